The van der Waals surface area contributed by atoms with Gasteiger partial charge in [0, 0.05) is 23.7 Å². The SMILES string of the molecule is Cc1ccc(Cl)cc1C(=O)N1CCCC(C(=O)O)C1. The van der Waals surface area contributed by atoms with Crippen LogP contribution in [0.25, 0.3) is 0 Å². The molecule has 5 heteroatoms. The lowest BCUT2D eigenvalue weighted by Crippen LogP contribution is -2.42. The summed E-state index contributed by atoms with van der Waals surface area (Å²) in [5.41, 5.74) is 1.41. The van der Waals surface area contributed by atoms with Crippen LogP contribution in [0.4, 0.5) is 0 Å². The number of aliphatic carboxylic acids is 1. The molecule has 1 amide bonds. The zero-order chi connectivity index (χ0) is 14.0. The Kier molecular flexibility index (Phi) is 4.10. The molecule has 1 fully saturated rings. The fourth-order valence-electron chi connectivity index (χ4n) is 2.36. The fourth-order valence-corrected chi connectivity index (χ4v) is 2.53. The number of carbonyl (C=O) groups excluding carboxylic acids is 1. The Labute approximate surface area is 117 Å². The Hall–Kier alpha value is -1.55. The van der Waals surface area contributed by atoms with Gasteiger partial charge in [-0.1, -0.05) is 17.7 Å². The van der Waals surface area contributed by atoms with Crippen LogP contribution in [0.1, 0.15) is 28.8 Å². The van der Waals surface area contributed by atoms with Crippen LogP contribution in [0.5, 0.6) is 0 Å². The number of carbonyl (C=O) groups is 2. The third-order valence-corrected chi connectivity index (χ3v) is 3.72. The molecule has 1 aromatic carbocycles. The Morgan fingerprint density at radius 1 is 1.42 bits per heavy atom. The highest BCUT2D eigenvalue weighted by molar-refractivity contribution is 6.31. The average molecular weight is 282 g/mol. The summed E-state index contributed by atoms with van der Waals surface area (Å²) in [4.78, 5) is 25.0. The number of carboxylic acid groups (broad SMARTS) is 1. The van der Waals surface area contributed by atoms with E-state index in [1.807, 2.05) is 6.92 Å². The topological polar surface area (TPSA) is 57.6 Å². The molecule has 0 bridgehead atoms. The smallest absolute Gasteiger partial charge is 0.308 e. The lowest BCUT2D eigenvalue weighted by atomic mass is 9.97. The van der Waals surface area contributed by atoms with Crippen molar-refractivity contribution in [3.05, 3.63) is 34.3 Å². The van der Waals surface area contributed by atoms with Gasteiger partial charge in [-0.2, -0.15) is 0 Å². The van der Waals surface area contributed by atoms with Crippen LogP contribution < -0.4 is 0 Å². The molecule has 0 aliphatic carbocycles. The van der Waals surface area contributed by atoms with E-state index in [4.69, 9.17) is 16.7 Å². The molecule has 1 heterocycles. The molecular formula is C14H16ClNO3. The number of piperidine rings is 1. The summed E-state index contributed by atoms with van der Waals surface area (Å²) in [7, 11) is 0. The monoisotopic (exact) mass is 281 g/mol. The maximum Gasteiger partial charge on any atom is 0.308 e. The number of carboxylic acids is 1. The van der Waals surface area contributed by atoms with Crippen LogP contribution in [0.15, 0.2) is 18.2 Å². The van der Waals surface area contributed by atoms with E-state index >= 15 is 0 Å². The summed E-state index contributed by atoms with van der Waals surface area (Å²) < 4.78 is 0. The van der Waals surface area contributed by atoms with Gasteiger partial charge in [-0.15, -0.1) is 0 Å². The van der Waals surface area contributed by atoms with Crippen molar-refractivity contribution in [1.29, 1.82) is 0 Å². The molecule has 1 aliphatic heterocycles. The molecule has 1 aromatic rings. The lowest BCUT2D eigenvalue weighted by molar-refractivity contribution is -0.143. The van der Waals surface area contributed by atoms with Gasteiger partial charge in [0.25, 0.3) is 5.91 Å². The molecule has 0 aromatic heterocycles. The predicted molar refractivity (Wildman–Crippen MR) is 72.5 cm³/mol. The van der Waals surface area contributed by atoms with Gasteiger partial charge in [0.15, 0.2) is 0 Å². The quantitative estimate of drug-likeness (QED) is 0.906. The average Bonchev–Trinajstić information content (AvgIpc) is 2.41. The van der Waals surface area contributed by atoms with Crippen molar-refractivity contribution >= 4 is 23.5 Å². The van der Waals surface area contributed by atoms with E-state index in [1.54, 1.807) is 23.1 Å². The second-order valence-corrected chi connectivity index (χ2v) is 5.32. The summed E-state index contributed by atoms with van der Waals surface area (Å²) in [6, 6.07) is 5.18. The fraction of sp³-hybridized carbons (Fsp3) is 0.429. The number of hydrogen-bond acceptors (Lipinski definition) is 2. The Morgan fingerprint density at radius 3 is 2.84 bits per heavy atom. The number of nitrogens with zero attached hydrogens (tertiary/aromatic N) is 1. The van der Waals surface area contributed by atoms with E-state index in [2.05, 4.69) is 0 Å². The van der Waals surface area contributed by atoms with Crippen molar-refractivity contribution in [2.75, 3.05) is 13.1 Å². The number of halogens is 1. The van der Waals surface area contributed by atoms with Crippen molar-refractivity contribution in [3.8, 4) is 0 Å². The van der Waals surface area contributed by atoms with Gasteiger partial charge in [0.1, 0.15) is 0 Å². The van der Waals surface area contributed by atoms with Crippen LogP contribution in [-0.4, -0.2) is 35.0 Å². The summed E-state index contributed by atoms with van der Waals surface area (Å²) in [5.74, 6) is -1.43. The molecular weight excluding hydrogens is 266 g/mol. The minimum atomic E-state index is -0.833. The minimum absolute atomic E-state index is 0.133. The number of hydrogen-bond donors (Lipinski definition) is 1. The molecule has 102 valence electrons. The van der Waals surface area contributed by atoms with Gasteiger partial charge >= 0.3 is 5.97 Å². The highest BCUT2D eigenvalue weighted by Crippen LogP contribution is 2.22. The number of aryl methyl sites for hydroxylation is 1. The van der Waals surface area contributed by atoms with E-state index in [0.29, 0.717) is 23.6 Å². The molecule has 4 nitrogen and oxygen atoms in total. The van der Waals surface area contributed by atoms with Crippen LogP contribution >= 0.6 is 11.6 Å². The van der Waals surface area contributed by atoms with Crippen LogP contribution in [0, 0.1) is 12.8 Å². The van der Waals surface area contributed by atoms with E-state index in [-0.39, 0.29) is 12.5 Å². The zero-order valence-electron chi connectivity index (χ0n) is 10.7. The molecule has 1 aliphatic rings. The largest absolute Gasteiger partial charge is 0.481 e. The van der Waals surface area contributed by atoms with E-state index < -0.39 is 11.9 Å². The second-order valence-electron chi connectivity index (χ2n) is 4.89. The van der Waals surface area contributed by atoms with Crippen molar-refractivity contribution in [2.24, 2.45) is 5.92 Å². The van der Waals surface area contributed by atoms with Gasteiger partial charge in [-0.25, -0.2) is 0 Å². The minimum Gasteiger partial charge on any atom is -0.481 e. The molecule has 1 atom stereocenters. The van der Waals surface area contributed by atoms with Gasteiger partial charge < -0.3 is 10.0 Å². The van der Waals surface area contributed by atoms with Crippen LogP contribution in [0.3, 0.4) is 0 Å². The third kappa shape index (κ3) is 3.07. The number of amides is 1. The highest BCUT2D eigenvalue weighted by atomic mass is 35.5. The first-order valence-electron chi connectivity index (χ1n) is 6.27. The maximum absolute atomic E-state index is 12.4. The van der Waals surface area contributed by atoms with Crippen LogP contribution in [-0.2, 0) is 4.79 Å². The molecule has 1 saturated heterocycles. The molecule has 1 unspecified atom stereocenters. The number of likely N-dealkylation sites (tertiary alicyclic amines) is 1. The summed E-state index contributed by atoms with van der Waals surface area (Å²) >= 11 is 5.91. The van der Waals surface area contributed by atoms with Gasteiger partial charge in [-0.05, 0) is 37.5 Å². The molecule has 2 rings (SSSR count). The van der Waals surface area contributed by atoms with E-state index in [1.165, 1.54) is 0 Å². The van der Waals surface area contributed by atoms with Gasteiger partial charge in [-0.3, -0.25) is 9.59 Å². The molecule has 1 N–H and O–H groups in total. The summed E-state index contributed by atoms with van der Waals surface area (Å²) in [6.07, 6.45) is 1.36. The normalized spacial score (nSPS) is 19.3. The summed E-state index contributed by atoms with van der Waals surface area (Å²) in [6.45, 7) is 2.73. The maximum atomic E-state index is 12.4. The molecule has 19 heavy (non-hydrogen) atoms. The Bertz CT molecular complexity index is 515. The van der Waals surface area contributed by atoms with Crippen molar-refractivity contribution < 1.29 is 14.7 Å². The van der Waals surface area contributed by atoms with E-state index in [9.17, 15) is 9.59 Å². The first-order chi connectivity index (χ1) is 8.99. The van der Waals surface area contributed by atoms with Crippen molar-refractivity contribution in [1.82, 2.24) is 4.90 Å². The van der Waals surface area contributed by atoms with Gasteiger partial charge in [0.2, 0.25) is 0 Å². The molecule has 0 saturated carbocycles. The summed E-state index contributed by atoms with van der Waals surface area (Å²) in [5, 5.41) is 9.56. The number of benzene rings is 1. The third-order valence-electron chi connectivity index (χ3n) is 3.49. The standard InChI is InChI=1S/C14H16ClNO3/c1-9-4-5-11(15)7-12(9)13(17)16-6-2-3-10(8-16)14(18)19/h4-5,7,10H,2-3,6,8H2,1H3,(H,18,19). The van der Waals surface area contributed by atoms with Crippen molar-refractivity contribution in [2.45, 2.75) is 19.8 Å². The molecule has 0 spiro atoms. The lowest BCUT2D eigenvalue weighted by Gasteiger charge is -2.31. The first kappa shape index (κ1) is 13.9. The van der Waals surface area contributed by atoms with Crippen LogP contribution in [0.2, 0.25) is 5.02 Å². The zero-order valence-corrected chi connectivity index (χ0v) is 11.5. The second kappa shape index (κ2) is 5.61. The Balaban J connectivity index is 2.19. The Morgan fingerprint density at radius 2 is 2.16 bits per heavy atom. The van der Waals surface area contributed by atoms with Gasteiger partial charge in [0.05, 0.1) is 5.92 Å². The first-order valence-corrected chi connectivity index (χ1v) is 6.65. The van der Waals surface area contributed by atoms with Crippen molar-refractivity contribution in [3.63, 3.8) is 0 Å². The predicted octanol–water partition coefficient (Wildman–Crippen LogP) is 2.59. The highest BCUT2D eigenvalue weighted by Gasteiger charge is 2.29. The number of rotatable bonds is 2. The molecule has 0 radical (unpaired) electrons. The van der Waals surface area contributed by atoms with E-state index in [0.717, 1.165) is 12.0 Å².